The fourth-order valence-corrected chi connectivity index (χ4v) is 3.56. The summed E-state index contributed by atoms with van der Waals surface area (Å²) >= 11 is 0. The number of nitrogens with one attached hydrogen (secondary N) is 2. The highest BCUT2D eigenvalue weighted by molar-refractivity contribution is 5.89. The zero-order valence-electron chi connectivity index (χ0n) is 14.8. The molecule has 136 valence electrons. The van der Waals surface area contributed by atoms with Crippen molar-refractivity contribution in [2.24, 2.45) is 0 Å². The summed E-state index contributed by atoms with van der Waals surface area (Å²) in [6.45, 7) is 3.77. The van der Waals surface area contributed by atoms with E-state index in [1.165, 1.54) is 0 Å². The Morgan fingerprint density at radius 3 is 2.88 bits per heavy atom. The lowest BCUT2D eigenvalue weighted by Crippen LogP contribution is -2.46. The van der Waals surface area contributed by atoms with Gasteiger partial charge in [-0.15, -0.1) is 0 Å². The second-order valence-electron chi connectivity index (χ2n) is 6.88. The highest BCUT2D eigenvalue weighted by Gasteiger charge is 2.22. The van der Waals surface area contributed by atoms with Gasteiger partial charge in [-0.3, -0.25) is 4.98 Å². The van der Waals surface area contributed by atoms with Crippen molar-refractivity contribution >= 4 is 17.5 Å². The van der Waals surface area contributed by atoms with Gasteiger partial charge in [-0.2, -0.15) is 0 Å². The average Bonchev–Trinajstić information content (AvgIpc) is 3.02. The number of carbonyl (C=O) groups excluding carboxylic acids is 1. The Morgan fingerprint density at radius 1 is 1.27 bits per heavy atom. The number of rotatable bonds is 3. The first-order valence-corrected chi connectivity index (χ1v) is 9.05. The molecule has 7 nitrogen and oxygen atoms in total. The summed E-state index contributed by atoms with van der Waals surface area (Å²) in [7, 11) is 0. The smallest absolute Gasteiger partial charge is 0.319 e. The van der Waals surface area contributed by atoms with Crippen molar-refractivity contribution in [2.45, 2.75) is 38.3 Å². The molecule has 1 aromatic heterocycles. The largest absolute Gasteiger partial charge is 0.490 e. The van der Waals surface area contributed by atoms with E-state index in [0.717, 1.165) is 55.2 Å². The maximum Gasteiger partial charge on any atom is 0.319 e. The highest BCUT2D eigenvalue weighted by atomic mass is 16.5. The molecule has 0 spiro atoms. The van der Waals surface area contributed by atoms with E-state index in [-0.39, 0.29) is 18.2 Å². The summed E-state index contributed by atoms with van der Waals surface area (Å²) < 4.78 is 5.69. The second kappa shape index (κ2) is 7.19. The molecule has 1 fully saturated rings. The third kappa shape index (κ3) is 3.71. The van der Waals surface area contributed by atoms with Crippen LogP contribution < -0.4 is 20.3 Å². The minimum absolute atomic E-state index is 0.158. The first-order valence-electron chi connectivity index (χ1n) is 9.05. The van der Waals surface area contributed by atoms with Crippen molar-refractivity contribution in [3.05, 3.63) is 42.4 Å². The highest BCUT2D eigenvalue weighted by Crippen LogP contribution is 2.30. The Bertz CT molecular complexity index is 775. The molecule has 1 aromatic carbocycles. The minimum Gasteiger partial charge on any atom is -0.490 e. The maximum atomic E-state index is 12.3. The predicted molar refractivity (Wildman–Crippen MR) is 99.7 cm³/mol. The third-order valence-electron chi connectivity index (χ3n) is 4.86. The Labute approximate surface area is 152 Å². The van der Waals surface area contributed by atoms with Gasteiger partial charge in [-0.1, -0.05) is 0 Å². The maximum absolute atomic E-state index is 12.3. The number of ether oxygens (including phenoxy) is 1. The van der Waals surface area contributed by atoms with Crippen LogP contribution in [0.3, 0.4) is 0 Å². The van der Waals surface area contributed by atoms with Crippen molar-refractivity contribution < 1.29 is 9.53 Å². The van der Waals surface area contributed by atoms with E-state index >= 15 is 0 Å². The summed E-state index contributed by atoms with van der Waals surface area (Å²) in [5.41, 5.74) is 1.95. The van der Waals surface area contributed by atoms with Gasteiger partial charge in [0.15, 0.2) is 0 Å². The van der Waals surface area contributed by atoms with Crippen LogP contribution in [0.4, 0.5) is 16.3 Å². The molecule has 26 heavy (non-hydrogen) atoms. The molecule has 4 rings (SSSR count). The van der Waals surface area contributed by atoms with Crippen LogP contribution in [-0.4, -0.2) is 41.2 Å². The van der Waals surface area contributed by atoms with E-state index in [0.29, 0.717) is 0 Å². The van der Waals surface area contributed by atoms with Gasteiger partial charge in [0.25, 0.3) is 0 Å². The van der Waals surface area contributed by atoms with Crippen molar-refractivity contribution in [2.75, 3.05) is 23.3 Å². The fraction of sp³-hybridized carbons (Fsp3) is 0.421. The molecule has 2 aliphatic heterocycles. The quantitative estimate of drug-likeness (QED) is 0.887. The Balaban J connectivity index is 1.28. The number of carbonyl (C=O) groups is 1. The zero-order valence-corrected chi connectivity index (χ0v) is 14.8. The van der Waals surface area contributed by atoms with Crippen molar-refractivity contribution in [1.82, 2.24) is 15.3 Å². The molecule has 0 saturated carbocycles. The molecule has 1 atom stereocenters. The predicted octanol–water partition coefficient (Wildman–Crippen LogP) is 2.59. The zero-order chi connectivity index (χ0) is 17.9. The van der Waals surface area contributed by atoms with Crippen LogP contribution in [0.5, 0.6) is 5.75 Å². The molecule has 2 aliphatic rings. The van der Waals surface area contributed by atoms with Crippen molar-refractivity contribution in [1.29, 1.82) is 0 Å². The Hall–Kier alpha value is -2.83. The lowest BCUT2D eigenvalue weighted by molar-refractivity contribution is 0.246. The summed E-state index contributed by atoms with van der Waals surface area (Å²) in [5, 5.41) is 6.01. The molecule has 2 aromatic rings. The van der Waals surface area contributed by atoms with Gasteiger partial charge in [-0.25, -0.2) is 9.78 Å². The number of aromatic nitrogens is 2. The number of hydrogen-bond acceptors (Lipinski definition) is 5. The molecule has 0 radical (unpaired) electrons. The Morgan fingerprint density at radius 2 is 2.12 bits per heavy atom. The molecule has 2 amide bonds. The normalized spacial score (nSPS) is 19.6. The second-order valence-corrected chi connectivity index (χ2v) is 6.88. The lowest BCUT2D eigenvalue weighted by Gasteiger charge is -2.32. The van der Waals surface area contributed by atoms with Gasteiger partial charge in [0.05, 0.1) is 6.20 Å². The summed E-state index contributed by atoms with van der Waals surface area (Å²) in [6.07, 6.45) is 8.02. The van der Waals surface area contributed by atoms with Gasteiger partial charge in [0, 0.05) is 43.6 Å². The fourth-order valence-electron chi connectivity index (χ4n) is 3.56. The van der Waals surface area contributed by atoms with E-state index < -0.39 is 0 Å². The molecule has 3 heterocycles. The van der Waals surface area contributed by atoms with E-state index in [2.05, 4.69) is 25.5 Å². The summed E-state index contributed by atoms with van der Waals surface area (Å²) in [4.78, 5) is 22.9. The van der Waals surface area contributed by atoms with Crippen molar-refractivity contribution in [3.63, 3.8) is 0 Å². The number of piperidine rings is 1. The van der Waals surface area contributed by atoms with Crippen LogP contribution >= 0.6 is 0 Å². The Kier molecular flexibility index (Phi) is 4.60. The van der Waals surface area contributed by atoms with Gasteiger partial charge >= 0.3 is 6.03 Å². The monoisotopic (exact) mass is 353 g/mol. The van der Waals surface area contributed by atoms with Gasteiger partial charge < -0.3 is 20.3 Å². The van der Waals surface area contributed by atoms with Gasteiger partial charge in [-0.05, 0) is 43.5 Å². The number of amides is 2. The van der Waals surface area contributed by atoms with Crippen LogP contribution in [0, 0.1) is 0 Å². The minimum atomic E-state index is -0.158. The molecule has 0 aliphatic carbocycles. The number of urea groups is 1. The first kappa shape index (κ1) is 16.6. The molecule has 7 heteroatoms. The van der Waals surface area contributed by atoms with Crippen LogP contribution in [0.2, 0.25) is 0 Å². The standard InChI is InChI=1S/C19H23N5O2/c1-13-10-14-11-16(2-3-17(14)26-13)23-19(25)22-15-4-8-24(9-5-15)18-12-20-6-7-21-18/h2-3,6-7,11-13,15H,4-5,8-10H2,1H3,(H2,22,23,25)/t13-/m1/s1. The number of anilines is 2. The lowest BCUT2D eigenvalue weighted by atomic mass is 10.1. The number of fused-ring (bicyclic) bond motifs is 1. The van der Waals surface area contributed by atoms with E-state index in [4.69, 9.17) is 4.74 Å². The molecule has 0 bridgehead atoms. The molecular formula is C19H23N5O2. The molecule has 1 saturated heterocycles. The van der Waals surface area contributed by atoms with E-state index in [1.807, 2.05) is 25.1 Å². The van der Waals surface area contributed by atoms with Crippen LogP contribution in [-0.2, 0) is 6.42 Å². The summed E-state index contributed by atoms with van der Waals surface area (Å²) in [6, 6.07) is 5.81. The molecular weight excluding hydrogens is 330 g/mol. The number of benzene rings is 1. The topological polar surface area (TPSA) is 79.4 Å². The van der Waals surface area contributed by atoms with Crippen LogP contribution in [0.25, 0.3) is 0 Å². The van der Waals surface area contributed by atoms with Crippen molar-refractivity contribution in [3.8, 4) is 5.75 Å². The van der Waals surface area contributed by atoms with Crippen LogP contribution in [0.15, 0.2) is 36.8 Å². The number of hydrogen-bond donors (Lipinski definition) is 2. The average molecular weight is 353 g/mol. The van der Waals surface area contributed by atoms with E-state index in [9.17, 15) is 4.79 Å². The first-order chi connectivity index (χ1) is 12.7. The molecule has 0 unspecified atom stereocenters. The third-order valence-corrected chi connectivity index (χ3v) is 4.86. The van der Waals surface area contributed by atoms with Crippen LogP contribution in [0.1, 0.15) is 25.3 Å². The summed E-state index contributed by atoms with van der Waals surface area (Å²) in [5.74, 6) is 1.81. The number of nitrogens with zero attached hydrogens (tertiary/aromatic N) is 3. The van der Waals surface area contributed by atoms with E-state index in [1.54, 1.807) is 18.6 Å². The molecule has 2 N–H and O–H groups in total. The van der Waals surface area contributed by atoms with Gasteiger partial charge in [0.2, 0.25) is 0 Å². The van der Waals surface area contributed by atoms with Gasteiger partial charge in [0.1, 0.15) is 17.7 Å². The SMILES string of the molecule is C[C@@H]1Cc2cc(NC(=O)NC3CCN(c4cnccn4)CC3)ccc2O1.